The molecule has 0 bridgehead atoms. The number of thioether (sulfide) groups is 1. The van der Waals surface area contributed by atoms with E-state index in [1.54, 1.807) is 35.7 Å². The van der Waals surface area contributed by atoms with E-state index in [1.165, 1.54) is 28.0 Å². The van der Waals surface area contributed by atoms with Crippen molar-refractivity contribution >= 4 is 50.8 Å². The van der Waals surface area contributed by atoms with Crippen molar-refractivity contribution in [1.82, 2.24) is 14.9 Å². The van der Waals surface area contributed by atoms with E-state index in [1.807, 2.05) is 12.1 Å². The van der Waals surface area contributed by atoms with Crippen molar-refractivity contribution in [2.24, 2.45) is 0 Å². The lowest BCUT2D eigenvalue weighted by Gasteiger charge is -2.12. The molecule has 0 aliphatic heterocycles. The third-order valence-electron chi connectivity index (χ3n) is 4.28. The van der Waals surface area contributed by atoms with Crippen molar-refractivity contribution < 1.29 is 9.18 Å². The predicted octanol–water partition coefficient (Wildman–Crippen LogP) is 4.65. The van der Waals surface area contributed by atoms with E-state index in [0.29, 0.717) is 21.8 Å². The van der Waals surface area contributed by atoms with Crippen LogP contribution in [0, 0.1) is 5.82 Å². The number of nitrogens with one attached hydrogen (secondary N) is 1. The van der Waals surface area contributed by atoms with Crippen LogP contribution < -0.4 is 10.9 Å². The van der Waals surface area contributed by atoms with Gasteiger partial charge in [-0.15, -0.1) is 11.3 Å². The summed E-state index contributed by atoms with van der Waals surface area (Å²) in [5.41, 5.74) is 1.19. The van der Waals surface area contributed by atoms with Gasteiger partial charge in [0.1, 0.15) is 10.5 Å². The summed E-state index contributed by atoms with van der Waals surface area (Å²) < 4.78 is 16.1. The minimum absolute atomic E-state index is 0.0319. The zero-order valence-electron chi connectivity index (χ0n) is 15.5. The normalized spacial score (nSPS) is 11.0. The lowest BCUT2D eigenvalue weighted by molar-refractivity contribution is -0.118. The van der Waals surface area contributed by atoms with Crippen LogP contribution in [0.2, 0.25) is 5.02 Å². The van der Waals surface area contributed by atoms with Gasteiger partial charge in [-0.3, -0.25) is 14.2 Å². The smallest absolute Gasteiger partial charge is 0.276 e. The fourth-order valence-electron chi connectivity index (χ4n) is 2.82. The van der Waals surface area contributed by atoms with E-state index in [9.17, 15) is 14.0 Å². The van der Waals surface area contributed by atoms with Crippen LogP contribution in [0.3, 0.4) is 0 Å². The van der Waals surface area contributed by atoms with Crippen LogP contribution in [-0.4, -0.2) is 21.2 Å². The first-order chi connectivity index (χ1) is 14.5. The molecule has 1 amide bonds. The summed E-state index contributed by atoms with van der Waals surface area (Å²) in [6.45, 7) is 0.355. The van der Waals surface area contributed by atoms with Gasteiger partial charge < -0.3 is 5.32 Å². The van der Waals surface area contributed by atoms with Gasteiger partial charge in [-0.1, -0.05) is 47.6 Å². The molecule has 152 valence electrons. The minimum Gasteiger partial charge on any atom is -0.351 e. The van der Waals surface area contributed by atoms with Crippen LogP contribution >= 0.6 is 34.7 Å². The second-order valence-corrected chi connectivity index (χ2v) is 8.61. The molecule has 2 aromatic heterocycles. The lowest BCUT2D eigenvalue weighted by atomic mass is 10.2. The molecule has 5 nitrogen and oxygen atoms in total. The van der Waals surface area contributed by atoms with Gasteiger partial charge in [0, 0.05) is 11.6 Å². The van der Waals surface area contributed by atoms with Crippen LogP contribution in [0.5, 0.6) is 0 Å². The number of rotatable bonds is 6. The third-order valence-corrected chi connectivity index (χ3v) is 6.36. The number of benzene rings is 2. The summed E-state index contributed by atoms with van der Waals surface area (Å²) in [7, 11) is 0. The SMILES string of the molecule is O=C(CSc1nc2ccsc2c(=O)n1-c1ccccc1F)NCc1ccc(Cl)cc1. The highest BCUT2D eigenvalue weighted by atomic mass is 35.5. The molecule has 4 aromatic rings. The van der Waals surface area contributed by atoms with Crippen LogP contribution in [-0.2, 0) is 11.3 Å². The van der Waals surface area contributed by atoms with Gasteiger partial charge in [0.2, 0.25) is 5.91 Å². The standard InChI is InChI=1S/C21H15ClFN3O2S2/c22-14-7-5-13(6-8-14)11-24-18(27)12-30-21-25-16-9-10-29-19(16)20(28)26(21)17-4-2-1-3-15(17)23/h1-10H,11-12H2,(H,24,27). The number of fused-ring (bicyclic) bond motifs is 1. The average molecular weight is 460 g/mol. The highest BCUT2D eigenvalue weighted by Gasteiger charge is 2.17. The van der Waals surface area contributed by atoms with Crippen LogP contribution in [0.4, 0.5) is 4.39 Å². The molecule has 0 aliphatic carbocycles. The predicted molar refractivity (Wildman–Crippen MR) is 119 cm³/mol. The third kappa shape index (κ3) is 4.40. The molecule has 2 aromatic carbocycles. The van der Waals surface area contributed by atoms with E-state index in [2.05, 4.69) is 10.3 Å². The summed E-state index contributed by atoms with van der Waals surface area (Å²) in [4.78, 5) is 29.8. The highest BCUT2D eigenvalue weighted by Crippen LogP contribution is 2.24. The van der Waals surface area contributed by atoms with E-state index in [-0.39, 0.29) is 28.1 Å². The first kappa shape index (κ1) is 20.6. The number of amides is 1. The Morgan fingerprint density at radius 2 is 1.93 bits per heavy atom. The number of thiophene rings is 1. The number of hydrogen-bond donors (Lipinski definition) is 1. The number of aromatic nitrogens is 2. The summed E-state index contributed by atoms with van der Waals surface area (Å²) in [5.74, 6) is -0.731. The summed E-state index contributed by atoms with van der Waals surface area (Å²) >= 11 is 8.20. The second kappa shape index (κ2) is 8.99. The van der Waals surface area contributed by atoms with Gasteiger partial charge in [0.05, 0.1) is 17.0 Å². The largest absolute Gasteiger partial charge is 0.351 e. The summed E-state index contributed by atoms with van der Waals surface area (Å²) in [6, 6.07) is 14.9. The fraction of sp³-hybridized carbons (Fsp3) is 0.0952. The second-order valence-electron chi connectivity index (χ2n) is 6.31. The van der Waals surface area contributed by atoms with Crippen molar-refractivity contribution in [2.45, 2.75) is 11.7 Å². The van der Waals surface area contributed by atoms with E-state index >= 15 is 0 Å². The van der Waals surface area contributed by atoms with Crippen LogP contribution in [0.25, 0.3) is 15.9 Å². The molecule has 1 N–H and O–H groups in total. The Morgan fingerprint density at radius 1 is 1.17 bits per heavy atom. The lowest BCUT2D eigenvalue weighted by Crippen LogP contribution is -2.26. The molecule has 0 spiro atoms. The van der Waals surface area contributed by atoms with Crippen molar-refractivity contribution in [3.63, 3.8) is 0 Å². The molecular weight excluding hydrogens is 445 g/mol. The van der Waals surface area contributed by atoms with Gasteiger partial charge >= 0.3 is 0 Å². The van der Waals surface area contributed by atoms with Crippen molar-refractivity contribution in [3.8, 4) is 5.69 Å². The first-order valence-corrected chi connectivity index (χ1v) is 11.2. The molecule has 30 heavy (non-hydrogen) atoms. The zero-order valence-corrected chi connectivity index (χ0v) is 17.9. The van der Waals surface area contributed by atoms with Crippen LogP contribution in [0.15, 0.2) is 69.9 Å². The van der Waals surface area contributed by atoms with Crippen molar-refractivity contribution in [1.29, 1.82) is 0 Å². The van der Waals surface area contributed by atoms with Gasteiger partial charge in [-0.2, -0.15) is 0 Å². The van der Waals surface area contributed by atoms with Gasteiger partial charge in [0.25, 0.3) is 5.56 Å². The molecule has 0 atom stereocenters. The number of halogens is 2. The number of nitrogens with zero attached hydrogens (tertiary/aromatic N) is 2. The maximum Gasteiger partial charge on any atom is 0.276 e. The Hall–Kier alpha value is -2.68. The monoisotopic (exact) mass is 459 g/mol. The Kier molecular flexibility index (Phi) is 6.17. The molecule has 0 radical (unpaired) electrons. The molecule has 0 fully saturated rings. The fourth-order valence-corrected chi connectivity index (χ4v) is 4.54. The van der Waals surface area contributed by atoms with Gasteiger partial charge in [-0.05, 0) is 41.3 Å². The van der Waals surface area contributed by atoms with Crippen molar-refractivity contribution in [3.05, 3.63) is 86.7 Å². The maximum atomic E-state index is 14.4. The summed E-state index contributed by atoms with van der Waals surface area (Å²) in [5, 5.41) is 5.47. The minimum atomic E-state index is -0.536. The molecular formula is C21H15ClFN3O2S2. The average Bonchev–Trinajstić information content (AvgIpc) is 3.22. The molecule has 0 saturated heterocycles. The van der Waals surface area contributed by atoms with Crippen molar-refractivity contribution in [2.75, 3.05) is 5.75 Å². The molecule has 9 heteroatoms. The van der Waals surface area contributed by atoms with Gasteiger partial charge in [-0.25, -0.2) is 9.37 Å². The highest BCUT2D eigenvalue weighted by molar-refractivity contribution is 7.99. The molecule has 0 saturated carbocycles. The summed E-state index contributed by atoms with van der Waals surface area (Å²) in [6.07, 6.45) is 0. The van der Waals surface area contributed by atoms with E-state index < -0.39 is 5.82 Å². The Bertz CT molecular complexity index is 1270. The quantitative estimate of drug-likeness (QED) is 0.337. The maximum absolute atomic E-state index is 14.4. The van der Waals surface area contributed by atoms with E-state index in [0.717, 1.165) is 17.3 Å². The molecule has 0 aliphatic rings. The number of carbonyl (C=O) groups excluding carboxylic acids is 1. The molecule has 0 unspecified atom stereocenters. The zero-order chi connectivity index (χ0) is 21.1. The Morgan fingerprint density at radius 3 is 2.70 bits per heavy atom. The Balaban J connectivity index is 1.57. The topological polar surface area (TPSA) is 64.0 Å². The van der Waals surface area contributed by atoms with Gasteiger partial charge in [0.15, 0.2) is 5.16 Å². The molecule has 2 heterocycles. The Labute approximate surface area is 184 Å². The van der Waals surface area contributed by atoms with E-state index in [4.69, 9.17) is 11.6 Å². The molecule has 4 rings (SSSR count). The van der Waals surface area contributed by atoms with Crippen LogP contribution in [0.1, 0.15) is 5.56 Å². The first-order valence-electron chi connectivity index (χ1n) is 8.92. The number of para-hydroxylation sites is 1. The number of carbonyl (C=O) groups is 1. The number of hydrogen-bond acceptors (Lipinski definition) is 5.